The lowest BCUT2D eigenvalue weighted by molar-refractivity contribution is -0.120. The molecule has 0 aliphatic carbocycles. The highest BCUT2D eigenvalue weighted by atomic mass is 32.2. The molecule has 1 amide bonds. The number of hydrogen-bond donors (Lipinski definition) is 2. The summed E-state index contributed by atoms with van der Waals surface area (Å²) >= 11 is 1.44. The topological polar surface area (TPSA) is 81.1 Å². The Bertz CT molecular complexity index is 731. The van der Waals surface area contributed by atoms with Gasteiger partial charge in [0.1, 0.15) is 16.8 Å². The molecule has 0 fully saturated rings. The summed E-state index contributed by atoms with van der Waals surface area (Å²) in [4.78, 5) is 12.7. The Morgan fingerprint density at radius 1 is 1.32 bits per heavy atom. The number of carbonyl (C=O) groups excluding carboxylic acids is 1. The first-order valence-electron chi connectivity index (χ1n) is 8.49. The second-order valence-electron chi connectivity index (χ2n) is 5.80. The van der Waals surface area contributed by atoms with Gasteiger partial charge in [-0.05, 0) is 38.0 Å². The third-order valence-electron chi connectivity index (χ3n) is 3.96. The lowest BCUT2D eigenvalue weighted by Gasteiger charge is -2.32. The minimum atomic E-state index is -0.319. The van der Waals surface area contributed by atoms with E-state index in [9.17, 15) is 4.79 Å². The van der Waals surface area contributed by atoms with Crippen LogP contribution in [0.2, 0.25) is 0 Å². The number of carbonyl (C=O) groups is 1. The van der Waals surface area contributed by atoms with E-state index in [-0.39, 0.29) is 17.2 Å². The van der Waals surface area contributed by atoms with Gasteiger partial charge in [0, 0.05) is 6.54 Å². The lowest BCUT2D eigenvalue weighted by Crippen LogP contribution is -2.44. The molecule has 1 aromatic carbocycles. The Kier molecular flexibility index (Phi) is 5.47. The van der Waals surface area contributed by atoms with Crippen molar-refractivity contribution in [2.45, 2.75) is 43.6 Å². The first kappa shape index (κ1) is 17.6. The molecule has 0 saturated heterocycles. The fourth-order valence-corrected chi connectivity index (χ4v) is 3.85. The third-order valence-corrected chi connectivity index (χ3v) is 5.17. The maximum Gasteiger partial charge on any atom is 0.236 e. The zero-order chi connectivity index (χ0) is 17.8. The summed E-state index contributed by atoms with van der Waals surface area (Å²) < 4.78 is 7.35. The van der Waals surface area contributed by atoms with Crippen molar-refractivity contribution in [1.29, 1.82) is 0 Å². The summed E-state index contributed by atoms with van der Waals surface area (Å²) in [5, 5.41) is 11.6. The van der Waals surface area contributed by atoms with E-state index in [0.29, 0.717) is 18.3 Å². The quantitative estimate of drug-likeness (QED) is 0.821. The number of aromatic nitrogens is 3. The number of ether oxygens (including phenoxy) is 1. The van der Waals surface area contributed by atoms with Crippen molar-refractivity contribution in [2.75, 3.05) is 18.6 Å². The van der Waals surface area contributed by atoms with E-state index in [1.165, 1.54) is 11.8 Å². The Labute approximate surface area is 151 Å². The molecular weight excluding hydrogens is 338 g/mol. The van der Waals surface area contributed by atoms with Crippen LogP contribution in [0.15, 0.2) is 29.4 Å². The predicted octanol–water partition coefficient (Wildman–Crippen LogP) is 2.27. The van der Waals surface area contributed by atoms with Crippen LogP contribution in [-0.4, -0.2) is 39.2 Å². The molecule has 2 atom stereocenters. The Morgan fingerprint density at radius 2 is 2.08 bits per heavy atom. The molecule has 0 radical (unpaired) electrons. The number of fused-ring (bicyclic) bond motifs is 1. The first-order valence-corrected chi connectivity index (χ1v) is 9.37. The van der Waals surface area contributed by atoms with Gasteiger partial charge in [0.25, 0.3) is 0 Å². The van der Waals surface area contributed by atoms with Crippen LogP contribution in [0.1, 0.15) is 37.7 Å². The second kappa shape index (κ2) is 7.77. The van der Waals surface area contributed by atoms with Gasteiger partial charge >= 0.3 is 0 Å². The SMILES string of the molecule is CCCNC(=O)[C@H]1Sc2nnc(C)n2N[C@H]1c1ccc(OCC)cc1. The smallest absolute Gasteiger partial charge is 0.236 e. The predicted molar refractivity (Wildman–Crippen MR) is 97.4 cm³/mol. The summed E-state index contributed by atoms with van der Waals surface area (Å²) in [6, 6.07) is 7.67. The van der Waals surface area contributed by atoms with Crippen molar-refractivity contribution >= 4 is 17.7 Å². The average Bonchev–Trinajstić information content (AvgIpc) is 3.00. The number of aryl methyl sites for hydroxylation is 1. The van der Waals surface area contributed by atoms with Crippen LogP contribution in [-0.2, 0) is 4.79 Å². The molecule has 8 heteroatoms. The van der Waals surface area contributed by atoms with Gasteiger partial charge in [-0.25, -0.2) is 4.68 Å². The Hall–Kier alpha value is -2.22. The van der Waals surface area contributed by atoms with Crippen molar-refractivity contribution in [3.05, 3.63) is 35.7 Å². The highest BCUT2D eigenvalue weighted by Gasteiger charge is 2.37. The summed E-state index contributed by atoms with van der Waals surface area (Å²) in [5.74, 6) is 1.60. The maximum atomic E-state index is 12.7. The van der Waals surface area contributed by atoms with Gasteiger partial charge in [0.05, 0.1) is 12.6 Å². The molecule has 0 unspecified atom stereocenters. The van der Waals surface area contributed by atoms with Crippen molar-refractivity contribution in [2.24, 2.45) is 0 Å². The minimum Gasteiger partial charge on any atom is -0.494 e. The molecule has 0 bridgehead atoms. The molecule has 1 aliphatic heterocycles. The molecule has 0 saturated carbocycles. The van der Waals surface area contributed by atoms with Crippen LogP contribution in [0.4, 0.5) is 0 Å². The zero-order valence-corrected chi connectivity index (χ0v) is 15.5. The van der Waals surface area contributed by atoms with Gasteiger partial charge in [0.2, 0.25) is 11.1 Å². The van der Waals surface area contributed by atoms with Crippen LogP contribution in [0.3, 0.4) is 0 Å². The van der Waals surface area contributed by atoms with E-state index < -0.39 is 0 Å². The summed E-state index contributed by atoms with van der Waals surface area (Å²) in [5.41, 5.74) is 4.41. The monoisotopic (exact) mass is 361 g/mol. The average molecular weight is 361 g/mol. The number of benzene rings is 1. The van der Waals surface area contributed by atoms with E-state index in [1.807, 2.05) is 49.7 Å². The van der Waals surface area contributed by atoms with E-state index in [2.05, 4.69) is 20.9 Å². The zero-order valence-electron chi connectivity index (χ0n) is 14.7. The van der Waals surface area contributed by atoms with E-state index in [1.54, 1.807) is 0 Å². The molecule has 2 N–H and O–H groups in total. The van der Waals surface area contributed by atoms with Crippen molar-refractivity contribution in [3.63, 3.8) is 0 Å². The van der Waals surface area contributed by atoms with Crippen LogP contribution < -0.4 is 15.5 Å². The molecule has 2 heterocycles. The normalized spacial score (nSPS) is 19.0. The minimum absolute atomic E-state index is 0.00476. The van der Waals surface area contributed by atoms with Gasteiger partial charge in [-0.2, -0.15) is 0 Å². The van der Waals surface area contributed by atoms with E-state index in [0.717, 1.165) is 23.6 Å². The number of thioether (sulfide) groups is 1. The number of hydrogen-bond acceptors (Lipinski definition) is 6. The fraction of sp³-hybridized carbons (Fsp3) is 0.471. The maximum absolute atomic E-state index is 12.7. The second-order valence-corrected chi connectivity index (χ2v) is 6.91. The summed E-state index contributed by atoms with van der Waals surface area (Å²) in [7, 11) is 0. The number of nitrogens with zero attached hydrogens (tertiary/aromatic N) is 3. The van der Waals surface area contributed by atoms with Gasteiger partial charge in [-0.3, -0.25) is 4.79 Å². The Morgan fingerprint density at radius 3 is 2.76 bits per heavy atom. The molecule has 134 valence electrons. The van der Waals surface area contributed by atoms with Gasteiger partial charge in [-0.15, -0.1) is 10.2 Å². The third kappa shape index (κ3) is 3.73. The van der Waals surface area contributed by atoms with Crippen LogP contribution in [0.25, 0.3) is 0 Å². The van der Waals surface area contributed by atoms with Crippen LogP contribution in [0, 0.1) is 6.92 Å². The highest BCUT2D eigenvalue weighted by Crippen LogP contribution is 2.37. The summed E-state index contributed by atoms with van der Waals surface area (Å²) in [6.07, 6.45) is 0.902. The van der Waals surface area contributed by atoms with Gasteiger partial charge in [0.15, 0.2) is 0 Å². The molecule has 2 aromatic rings. The number of nitrogens with one attached hydrogen (secondary N) is 2. The van der Waals surface area contributed by atoms with Crippen LogP contribution >= 0.6 is 11.8 Å². The highest BCUT2D eigenvalue weighted by molar-refractivity contribution is 8.00. The molecule has 1 aromatic heterocycles. The fourth-order valence-electron chi connectivity index (χ4n) is 2.70. The van der Waals surface area contributed by atoms with E-state index in [4.69, 9.17) is 4.74 Å². The van der Waals surface area contributed by atoms with Crippen molar-refractivity contribution < 1.29 is 9.53 Å². The molecule has 7 nitrogen and oxygen atoms in total. The van der Waals surface area contributed by atoms with Crippen molar-refractivity contribution in [3.8, 4) is 5.75 Å². The lowest BCUT2D eigenvalue weighted by atomic mass is 10.0. The molecular formula is C17H23N5O2S. The largest absolute Gasteiger partial charge is 0.494 e. The van der Waals surface area contributed by atoms with Gasteiger partial charge < -0.3 is 15.5 Å². The Balaban J connectivity index is 1.89. The standard InChI is InChI=1S/C17H23N5O2S/c1-4-10-18-16(23)15-14(12-6-8-13(9-7-12)24-5-2)21-22-11(3)19-20-17(22)25-15/h6-9,14-15,21H,4-5,10H2,1-3H3,(H,18,23)/t14-,15-/m0/s1. The van der Waals surface area contributed by atoms with E-state index >= 15 is 0 Å². The molecule has 0 spiro atoms. The molecule has 3 rings (SSSR count). The van der Waals surface area contributed by atoms with Crippen molar-refractivity contribution in [1.82, 2.24) is 20.2 Å². The summed E-state index contributed by atoms with van der Waals surface area (Å²) in [6.45, 7) is 7.17. The molecule has 1 aliphatic rings. The number of rotatable bonds is 6. The molecule has 25 heavy (non-hydrogen) atoms. The first-order chi connectivity index (χ1) is 12.1. The number of amides is 1. The van der Waals surface area contributed by atoms with Gasteiger partial charge in [-0.1, -0.05) is 30.8 Å². The van der Waals surface area contributed by atoms with Crippen LogP contribution in [0.5, 0.6) is 5.75 Å².